The molecule has 2 aromatic carbocycles. The van der Waals surface area contributed by atoms with Crippen molar-refractivity contribution in [2.75, 3.05) is 26.2 Å². The van der Waals surface area contributed by atoms with Gasteiger partial charge in [0.05, 0.1) is 0 Å². The van der Waals surface area contributed by atoms with Crippen LogP contribution in [0.5, 0.6) is 0 Å². The number of benzene rings is 2. The van der Waals surface area contributed by atoms with Crippen LogP contribution in [0.2, 0.25) is 0 Å². The van der Waals surface area contributed by atoms with Crippen molar-refractivity contribution in [1.29, 1.82) is 0 Å². The average Bonchev–Trinajstić information content (AvgIpc) is 2.73. The summed E-state index contributed by atoms with van der Waals surface area (Å²) in [5.41, 5.74) is 4.37. The first-order valence-corrected chi connectivity index (χ1v) is 8.93. The van der Waals surface area contributed by atoms with Gasteiger partial charge in [0, 0.05) is 44.4 Å². The molecular weight excluding hydrogens is 342 g/mol. The third-order valence-corrected chi connectivity index (χ3v) is 4.60. The van der Waals surface area contributed by atoms with Crippen LogP contribution in [0.4, 0.5) is 0 Å². The molecule has 0 aliphatic carbocycles. The van der Waals surface area contributed by atoms with E-state index in [4.69, 9.17) is 5.21 Å². The van der Waals surface area contributed by atoms with Crippen molar-refractivity contribution in [3.63, 3.8) is 0 Å². The maximum Gasteiger partial charge on any atom is 0.267 e. The lowest BCUT2D eigenvalue weighted by atomic mass is 10.1. The average molecular weight is 365 g/mol. The first-order chi connectivity index (χ1) is 13.2. The predicted molar refractivity (Wildman–Crippen MR) is 103 cm³/mol. The Morgan fingerprint density at radius 1 is 0.963 bits per heavy atom. The second kappa shape index (κ2) is 9.12. The molecule has 1 saturated heterocycles. The molecule has 0 radical (unpaired) electrons. The molecule has 0 unspecified atom stereocenters. The zero-order chi connectivity index (χ0) is 19.1. The van der Waals surface area contributed by atoms with Crippen LogP contribution in [0.1, 0.15) is 21.5 Å². The topological polar surface area (TPSA) is 72.9 Å². The summed E-state index contributed by atoms with van der Waals surface area (Å²) in [6.07, 6.45) is 2.92. The summed E-state index contributed by atoms with van der Waals surface area (Å²) >= 11 is 0. The van der Waals surface area contributed by atoms with E-state index in [-0.39, 0.29) is 5.91 Å². The summed E-state index contributed by atoms with van der Waals surface area (Å²) in [5, 5.41) is 8.48. The predicted octanol–water partition coefficient (Wildman–Crippen LogP) is 2.16. The van der Waals surface area contributed by atoms with Gasteiger partial charge >= 0.3 is 0 Å². The molecule has 6 heteroatoms. The molecule has 2 N–H and O–H groups in total. The number of piperazine rings is 1. The Morgan fingerprint density at radius 3 is 2.26 bits per heavy atom. The van der Waals surface area contributed by atoms with Crippen molar-refractivity contribution in [1.82, 2.24) is 15.3 Å². The molecule has 2 aromatic rings. The van der Waals surface area contributed by atoms with E-state index in [2.05, 4.69) is 4.90 Å². The Kier molecular flexibility index (Phi) is 6.35. The van der Waals surface area contributed by atoms with E-state index in [1.165, 1.54) is 11.6 Å². The zero-order valence-electron chi connectivity index (χ0n) is 15.0. The fraction of sp³-hybridized carbons (Fsp3) is 0.238. The van der Waals surface area contributed by atoms with E-state index in [1.54, 1.807) is 11.6 Å². The van der Waals surface area contributed by atoms with E-state index in [9.17, 15) is 9.59 Å². The number of hydrogen-bond acceptors (Lipinski definition) is 4. The van der Waals surface area contributed by atoms with Crippen LogP contribution in [0.3, 0.4) is 0 Å². The van der Waals surface area contributed by atoms with Crippen molar-refractivity contribution in [3.05, 3.63) is 77.4 Å². The van der Waals surface area contributed by atoms with E-state index < -0.39 is 5.91 Å². The molecule has 6 nitrogen and oxygen atoms in total. The highest BCUT2D eigenvalue weighted by molar-refractivity contribution is 5.94. The molecule has 0 atom stereocenters. The summed E-state index contributed by atoms with van der Waals surface area (Å²) in [7, 11) is 0. The SMILES string of the molecule is O=C(C=Cc1ccc(CN2CCN(C(=O)c3ccccc3)CC2)cc1)NO. The van der Waals surface area contributed by atoms with Gasteiger partial charge in [-0.2, -0.15) is 0 Å². The summed E-state index contributed by atoms with van der Waals surface area (Å²) < 4.78 is 0. The minimum absolute atomic E-state index is 0.0957. The third-order valence-electron chi connectivity index (χ3n) is 4.60. The summed E-state index contributed by atoms with van der Waals surface area (Å²) in [4.78, 5) is 27.7. The van der Waals surface area contributed by atoms with Gasteiger partial charge in [0.1, 0.15) is 0 Å². The second-order valence-corrected chi connectivity index (χ2v) is 6.49. The van der Waals surface area contributed by atoms with Gasteiger partial charge in [-0.25, -0.2) is 5.48 Å². The Bertz CT molecular complexity index is 795. The van der Waals surface area contributed by atoms with Gasteiger partial charge in [-0.05, 0) is 29.3 Å². The van der Waals surface area contributed by atoms with Gasteiger partial charge < -0.3 is 4.90 Å². The molecular formula is C21H23N3O3. The number of amides is 2. The van der Waals surface area contributed by atoms with Crippen LogP contribution in [0.25, 0.3) is 6.08 Å². The van der Waals surface area contributed by atoms with Gasteiger partial charge in [-0.1, -0.05) is 42.5 Å². The maximum absolute atomic E-state index is 12.5. The van der Waals surface area contributed by atoms with Gasteiger partial charge in [-0.15, -0.1) is 0 Å². The van der Waals surface area contributed by atoms with Crippen molar-refractivity contribution in [3.8, 4) is 0 Å². The molecule has 0 saturated carbocycles. The monoisotopic (exact) mass is 365 g/mol. The molecule has 0 spiro atoms. The Hall–Kier alpha value is -2.96. The van der Waals surface area contributed by atoms with Gasteiger partial charge in [0.2, 0.25) is 0 Å². The Balaban J connectivity index is 1.50. The quantitative estimate of drug-likeness (QED) is 0.484. The molecule has 27 heavy (non-hydrogen) atoms. The largest absolute Gasteiger partial charge is 0.336 e. The third kappa shape index (κ3) is 5.26. The number of carbonyl (C=O) groups excluding carboxylic acids is 2. The Morgan fingerprint density at radius 2 is 1.63 bits per heavy atom. The smallest absolute Gasteiger partial charge is 0.267 e. The summed E-state index contributed by atoms with van der Waals surface area (Å²) in [6, 6.07) is 17.3. The normalized spacial score (nSPS) is 15.1. The lowest BCUT2D eigenvalue weighted by Crippen LogP contribution is -2.48. The van der Waals surface area contributed by atoms with Crippen LogP contribution in [-0.2, 0) is 11.3 Å². The fourth-order valence-electron chi connectivity index (χ4n) is 3.07. The molecule has 1 aliphatic rings. The minimum Gasteiger partial charge on any atom is -0.336 e. The lowest BCUT2D eigenvalue weighted by molar-refractivity contribution is -0.124. The van der Waals surface area contributed by atoms with Gasteiger partial charge in [0.15, 0.2) is 0 Å². The van der Waals surface area contributed by atoms with Crippen LogP contribution >= 0.6 is 0 Å². The Labute approximate surface area is 158 Å². The minimum atomic E-state index is -0.554. The molecule has 0 bridgehead atoms. The highest BCUT2D eigenvalue weighted by Gasteiger charge is 2.21. The maximum atomic E-state index is 12.5. The molecule has 140 valence electrons. The molecule has 3 rings (SSSR count). The van der Waals surface area contributed by atoms with Gasteiger partial charge in [-0.3, -0.25) is 19.7 Å². The zero-order valence-corrected chi connectivity index (χ0v) is 15.0. The first-order valence-electron chi connectivity index (χ1n) is 8.93. The van der Waals surface area contributed by atoms with Crippen LogP contribution in [0.15, 0.2) is 60.7 Å². The van der Waals surface area contributed by atoms with Crippen molar-refractivity contribution >= 4 is 17.9 Å². The van der Waals surface area contributed by atoms with Crippen molar-refractivity contribution in [2.45, 2.75) is 6.54 Å². The number of nitrogens with one attached hydrogen (secondary N) is 1. The second-order valence-electron chi connectivity index (χ2n) is 6.49. The van der Waals surface area contributed by atoms with E-state index in [0.29, 0.717) is 0 Å². The molecule has 1 aliphatic heterocycles. The number of carbonyl (C=O) groups is 2. The van der Waals surface area contributed by atoms with Gasteiger partial charge in [0.25, 0.3) is 11.8 Å². The van der Waals surface area contributed by atoms with E-state index in [1.807, 2.05) is 59.5 Å². The first kappa shape index (κ1) is 18.8. The molecule has 2 amide bonds. The fourth-order valence-corrected chi connectivity index (χ4v) is 3.07. The highest BCUT2D eigenvalue weighted by Crippen LogP contribution is 2.13. The molecule has 1 fully saturated rings. The summed E-state index contributed by atoms with van der Waals surface area (Å²) in [6.45, 7) is 3.97. The van der Waals surface area contributed by atoms with Crippen LogP contribution in [0, 0.1) is 0 Å². The standard InChI is InChI=1S/C21H23N3O3/c25-20(22-27)11-10-17-6-8-18(9-7-17)16-23-12-14-24(15-13-23)21(26)19-4-2-1-3-5-19/h1-11,27H,12-16H2,(H,22,25). The van der Waals surface area contributed by atoms with E-state index >= 15 is 0 Å². The van der Waals surface area contributed by atoms with Crippen molar-refractivity contribution in [2.24, 2.45) is 0 Å². The molecule has 1 heterocycles. The number of nitrogens with zero attached hydrogens (tertiary/aromatic N) is 2. The van der Waals surface area contributed by atoms with Crippen LogP contribution in [-0.4, -0.2) is 53.0 Å². The highest BCUT2D eigenvalue weighted by atomic mass is 16.5. The lowest BCUT2D eigenvalue weighted by Gasteiger charge is -2.34. The van der Waals surface area contributed by atoms with Crippen molar-refractivity contribution < 1.29 is 14.8 Å². The number of hydrogen-bond donors (Lipinski definition) is 2. The number of hydroxylamine groups is 1. The van der Waals surface area contributed by atoms with Crippen LogP contribution < -0.4 is 5.48 Å². The van der Waals surface area contributed by atoms with E-state index in [0.717, 1.165) is 43.9 Å². The molecule has 0 aromatic heterocycles. The number of rotatable bonds is 5. The summed E-state index contributed by atoms with van der Waals surface area (Å²) in [5.74, 6) is -0.458.